The molecule has 1 heterocycles. The summed E-state index contributed by atoms with van der Waals surface area (Å²) in [7, 11) is -4.74. The largest absolute Gasteiger partial charge is 0.449 e. The summed E-state index contributed by atoms with van der Waals surface area (Å²) in [6, 6.07) is 0. The van der Waals surface area contributed by atoms with Gasteiger partial charge in [0.05, 0.1) is 6.61 Å². The van der Waals surface area contributed by atoms with Gasteiger partial charge in [-0.25, -0.2) is 8.98 Å². The molecule has 0 radical (unpaired) electrons. The highest BCUT2D eigenvalue weighted by Crippen LogP contribution is 2.31. The Labute approximate surface area is 95.5 Å². The third-order valence-corrected chi connectivity index (χ3v) is 3.29. The van der Waals surface area contributed by atoms with E-state index in [1.54, 1.807) is 0 Å². The van der Waals surface area contributed by atoms with Gasteiger partial charge in [-0.3, -0.25) is 0 Å². The van der Waals surface area contributed by atoms with Crippen molar-refractivity contribution in [2.75, 3.05) is 13.2 Å². The minimum absolute atomic E-state index is 0.0897. The van der Waals surface area contributed by atoms with Crippen LogP contribution in [0.2, 0.25) is 0 Å². The van der Waals surface area contributed by atoms with Gasteiger partial charge in [-0.2, -0.15) is 25.9 Å². The lowest BCUT2D eigenvalue weighted by molar-refractivity contribution is -0.200. The van der Waals surface area contributed by atoms with Crippen LogP contribution in [0.25, 0.3) is 0 Å². The minimum atomic E-state index is -4.78. The van der Waals surface area contributed by atoms with Crippen molar-refractivity contribution in [2.45, 2.75) is 25.6 Å². The summed E-state index contributed by atoms with van der Waals surface area (Å²) in [4.78, 5) is 11.1. The second-order valence-electron chi connectivity index (χ2n) is 3.14. The van der Waals surface area contributed by atoms with Crippen LogP contribution in [0.15, 0.2) is 0 Å². The van der Waals surface area contributed by atoms with Crippen molar-refractivity contribution in [1.29, 1.82) is 0 Å². The molecule has 0 aromatic rings. The average molecular weight is 277 g/mol. The maximum atomic E-state index is 12.2. The van der Waals surface area contributed by atoms with Gasteiger partial charge in [0.15, 0.2) is 6.10 Å². The zero-order chi connectivity index (χ0) is 13.3. The number of halogens is 3. The summed E-state index contributed by atoms with van der Waals surface area (Å²) in [6.45, 7) is 0.729. The molecule has 1 atom stereocenters. The van der Waals surface area contributed by atoms with Crippen LogP contribution in [0.5, 0.6) is 0 Å². The van der Waals surface area contributed by atoms with E-state index >= 15 is 0 Å². The van der Waals surface area contributed by atoms with Crippen LogP contribution in [-0.2, 0) is 19.2 Å². The van der Waals surface area contributed by atoms with E-state index in [0.29, 0.717) is 0 Å². The van der Waals surface area contributed by atoms with Crippen LogP contribution in [0.1, 0.15) is 13.3 Å². The van der Waals surface area contributed by atoms with Crippen molar-refractivity contribution in [3.63, 3.8) is 0 Å². The Morgan fingerprint density at radius 1 is 1.53 bits per heavy atom. The lowest BCUT2D eigenvalue weighted by Crippen LogP contribution is -2.50. The molecule has 1 fully saturated rings. The molecular formula is C7H10F3NO5S. The van der Waals surface area contributed by atoms with Gasteiger partial charge in [0, 0.05) is 13.0 Å². The Bertz CT molecular complexity index is 393. The van der Waals surface area contributed by atoms with Crippen molar-refractivity contribution in [1.82, 2.24) is 4.31 Å². The van der Waals surface area contributed by atoms with Crippen LogP contribution in [0.3, 0.4) is 0 Å². The molecular weight excluding hydrogens is 267 g/mol. The van der Waals surface area contributed by atoms with Gasteiger partial charge < -0.3 is 4.74 Å². The molecule has 1 aliphatic heterocycles. The summed E-state index contributed by atoms with van der Waals surface area (Å²) in [5, 5.41) is 0. The zero-order valence-electron chi connectivity index (χ0n) is 8.73. The number of alkyl halides is 3. The Morgan fingerprint density at radius 2 is 2.12 bits per heavy atom. The molecule has 0 N–H and O–H groups in total. The molecule has 10 heteroatoms. The van der Waals surface area contributed by atoms with Gasteiger partial charge in [-0.1, -0.05) is 0 Å². The monoisotopic (exact) mass is 277 g/mol. The first-order valence-electron chi connectivity index (χ1n) is 4.63. The second kappa shape index (κ2) is 4.69. The van der Waals surface area contributed by atoms with Gasteiger partial charge >= 0.3 is 22.6 Å². The third kappa shape index (κ3) is 3.22. The lowest BCUT2D eigenvalue weighted by Gasteiger charge is -2.30. The maximum absolute atomic E-state index is 12.2. The molecule has 1 unspecified atom stereocenters. The number of carbonyl (C=O) groups excluding carboxylic acids is 1. The van der Waals surface area contributed by atoms with E-state index < -0.39 is 41.6 Å². The number of carbonyl (C=O) groups is 1. The normalized spacial score (nSPS) is 24.5. The highest BCUT2D eigenvalue weighted by molar-refractivity contribution is 7.84. The standard InChI is InChI=1S/C7H10F3NO5S/c1-2-15-6(12)11-4-3-5(7(8,9)10)16-17(11,13)14/h5H,2-4H2,1H3. The predicted molar refractivity (Wildman–Crippen MR) is 48.2 cm³/mol. The molecule has 1 aliphatic rings. The van der Waals surface area contributed by atoms with Gasteiger partial charge in [0.1, 0.15) is 0 Å². The number of nitrogens with zero attached hydrogens (tertiary/aromatic N) is 1. The van der Waals surface area contributed by atoms with Crippen molar-refractivity contribution in [2.24, 2.45) is 0 Å². The molecule has 0 aromatic heterocycles. The summed E-state index contributed by atoms with van der Waals surface area (Å²) < 4.78 is 67.6. The first-order chi connectivity index (χ1) is 7.68. The first kappa shape index (κ1) is 14.0. The molecule has 0 saturated carbocycles. The Kier molecular flexibility index (Phi) is 3.87. The fourth-order valence-electron chi connectivity index (χ4n) is 1.19. The lowest BCUT2D eigenvalue weighted by atomic mass is 10.2. The number of amides is 1. The molecule has 1 saturated heterocycles. The summed E-state index contributed by atoms with van der Waals surface area (Å²) in [5.41, 5.74) is 0. The van der Waals surface area contributed by atoms with E-state index in [2.05, 4.69) is 8.92 Å². The summed E-state index contributed by atoms with van der Waals surface area (Å²) in [5.74, 6) is 0. The second-order valence-corrected chi connectivity index (χ2v) is 4.63. The van der Waals surface area contributed by atoms with Crippen molar-refractivity contribution in [3.05, 3.63) is 0 Å². The quantitative estimate of drug-likeness (QED) is 0.716. The predicted octanol–water partition coefficient (Wildman–Crippen LogP) is 1.04. The van der Waals surface area contributed by atoms with E-state index in [-0.39, 0.29) is 10.9 Å². The topological polar surface area (TPSA) is 72.9 Å². The molecule has 100 valence electrons. The van der Waals surface area contributed by atoms with E-state index in [9.17, 15) is 26.4 Å². The van der Waals surface area contributed by atoms with Crippen LogP contribution in [0.4, 0.5) is 18.0 Å². The average Bonchev–Trinajstić information content (AvgIpc) is 2.14. The van der Waals surface area contributed by atoms with Gasteiger partial charge in [0.2, 0.25) is 0 Å². The molecule has 1 rings (SSSR count). The number of hydrogen-bond donors (Lipinski definition) is 0. The van der Waals surface area contributed by atoms with E-state index in [1.165, 1.54) is 6.92 Å². The Hall–Kier alpha value is -1.03. The van der Waals surface area contributed by atoms with Crippen LogP contribution >= 0.6 is 0 Å². The zero-order valence-corrected chi connectivity index (χ0v) is 9.55. The van der Waals surface area contributed by atoms with Gasteiger partial charge in [-0.05, 0) is 6.92 Å². The Morgan fingerprint density at radius 3 is 2.53 bits per heavy atom. The molecule has 17 heavy (non-hydrogen) atoms. The molecule has 6 nitrogen and oxygen atoms in total. The fourth-order valence-corrected chi connectivity index (χ4v) is 2.36. The van der Waals surface area contributed by atoms with Crippen molar-refractivity contribution >= 4 is 16.4 Å². The Balaban J connectivity index is 2.81. The van der Waals surface area contributed by atoms with Crippen molar-refractivity contribution < 1.29 is 35.3 Å². The van der Waals surface area contributed by atoms with E-state index in [4.69, 9.17) is 0 Å². The molecule has 1 amide bonds. The van der Waals surface area contributed by atoms with E-state index in [1.807, 2.05) is 0 Å². The molecule has 0 aliphatic carbocycles. The van der Waals surface area contributed by atoms with Crippen LogP contribution in [-0.4, -0.2) is 44.2 Å². The minimum Gasteiger partial charge on any atom is -0.449 e. The third-order valence-electron chi connectivity index (χ3n) is 1.94. The van der Waals surface area contributed by atoms with Crippen LogP contribution < -0.4 is 0 Å². The van der Waals surface area contributed by atoms with E-state index in [0.717, 1.165) is 0 Å². The molecule has 0 aromatic carbocycles. The SMILES string of the molecule is CCOC(=O)N1CCC(C(F)(F)F)OS1(=O)=O. The van der Waals surface area contributed by atoms with Gasteiger partial charge in [0.25, 0.3) is 0 Å². The van der Waals surface area contributed by atoms with Crippen LogP contribution in [0, 0.1) is 0 Å². The maximum Gasteiger partial charge on any atom is 0.425 e. The molecule has 0 bridgehead atoms. The number of hydrogen-bond acceptors (Lipinski definition) is 5. The summed E-state index contributed by atoms with van der Waals surface area (Å²) >= 11 is 0. The highest BCUT2D eigenvalue weighted by Gasteiger charge is 2.49. The summed E-state index contributed by atoms with van der Waals surface area (Å²) in [6.07, 6.45) is -9.10. The number of rotatable bonds is 1. The smallest absolute Gasteiger partial charge is 0.425 e. The first-order valence-corrected chi connectivity index (χ1v) is 5.99. The molecule has 0 spiro atoms. The number of ether oxygens (including phenoxy) is 1. The highest BCUT2D eigenvalue weighted by atomic mass is 32.2. The fraction of sp³-hybridized carbons (Fsp3) is 0.857. The van der Waals surface area contributed by atoms with Gasteiger partial charge in [-0.15, -0.1) is 0 Å². The van der Waals surface area contributed by atoms with Crippen molar-refractivity contribution in [3.8, 4) is 0 Å².